The summed E-state index contributed by atoms with van der Waals surface area (Å²) in [5.41, 5.74) is 0.751. The molecule has 0 saturated carbocycles. The lowest BCUT2D eigenvalue weighted by Gasteiger charge is -2.12. The van der Waals surface area contributed by atoms with Crippen molar-refractivity contribution in [3.05, 3.63) is 10.6 Å². The van der Waals surface area contributed by atoms with Crippen LogP contribution in [0, 0.1) is 0 Å². The van der Waals surface area contributed by atoms with E-state index in [2.05, 4.69) is 15.2 Å². The molecule has 0 atom stereocenters. The molecule has 1 amide bonds. The molecule has 0 aliphatic carbocycles. The van der Waals surface area contributed by atoms with E-state index in [9.17, 15) is 4.79 Å². The highest BCUT2D eigenvalue weighted by molar-refractivity contribution is 7.17. The van der Waals surface area contributed by atoms with Crippen LogP contribution in [0.1, 0.15) is 48.5 Å². The first-order valence-corrected chi connectivity index (χ1v) is 9.26. The number of hydrogen-bond donors (Lipinski definition) is 1. The number of nitrogens with one attached hydrogen (secondary N) is 1. The van der Waals surface area contributed by atoms with Crippen molar-refractivity contribution in [1.29, 1.82) is 0 Å². The quantitative estimate of drug-likeness (QED) is 0.662. The number of carbonyl (C=O) groups excluding carboxylic acids is 1. The molecule has 2 heterocycles. The molecular formula is C16H27N3O3S. The van der Waals surface area contributed by atoms with Gasteiger partial charge in [-0.05, 0) is 33.1 Å². The Morgan fingerprint density at radius 2 is 2.00 bits per heavy atom. The van der Waals surface area contributed by atoms with Crippen molar-refractivity contribution in [3.63, 3.8) is 0 Å². The van der Waals surface area contributed by atoms with E-state index in [4.69, 9.17) is 9.47 Å². The average molecular weight is 341 g/mol. The third-order valence-corrected chi connectivity index (χ3v) is 4.82. The van der Waals surface area contributed by atoms with Crippen molar-refractivity contribution >= 4 is 22.4 Å². The van der Waals surface area contributed by atoms with Gasteiger partial charge in [-0.15, -0.1) is 0 Å². The fourth-order valence-corrected chi connectivity index (χ4v) is 3.49. The van der Waals surface area contributed by atoms with Crippen molar-refractivity contribution in [2.75, 3.05) is 44.4 Å². The summed E-state index contributed by atoms with van der Waals surface area (Å²) in [4.78, 5) is 20.0. The van der Waals surface area contributed by atoms with Gasteiger partial charge in [-0.3, -0.25) is 4.79 Å². The largest absolute Gasteiger partial charge is 0.382 e. The normalized spacial score (nSPS) is 14.4. The predicted octanol–water partition coefficient (Wildman–Crippen LogP) is 2.44. The van der Waals surface area contributed by atoms with Crippen LogP contribution in [0.3, 0.4) is 0 Å². The monoisotopic (exact) mass is 341 g/mol. The minimum Gasteiger partial charge on any atom is -0.382 e. The Morgan fingerprint density at radius 1 is 1.26 bits per heavy atom. The highest BCUT2D eigenvalue weighted by atomic mass is 32.1. The van der Waals surface area contributed by atoms with Crippen molar-refractivity contribution in [1.82, 2.24) is 10.3 Å². The van der Waals surface area contributed by atoms with Crippen LogP contribution in [0.25, 0.3) is 0 Å². The summed E-state index contributed by atoms with van der Waals surface area (Å²) in [7, 11) is 0. The molecule has 7 heteroatoms. The Morgan fingerprint density at radius 3 is 2.70 bits per heavy atom. The zero-order chi connectivity index (χ0) is 16.5. The Hall–Kier alpha value is -1.18. The smallest absolute Gasteiger partial charge is 0.263 e. The Kier molecular flexibility index (Phi) is 7.78. The molecule has 23 heavy (non-hydrogen) atoms. The lowest BCUT2D eigenvalue weighted by atomic mass is 10.3. The second-order valence-electron chi connectivity index (χ2n) is 5.41. The zero-order valence-electron chi connectivity index (χ0n) is 14.1. The number of hydrogen-bond acceptors (Lipinski definition) is 6. The number of rotatable bonds is 10. The molecule has 1 aliphatic rings. The standard InChI is InChI=1S/C16H27N3O3S/c1-3-21-11-7-8-17-15(20)14-13(12-22-4-2)18-16(23-14)19-9-5-6-10-19/h3-12H2,1-2H3,(H,17,20). The SMILES string of the molecule is CCOCCCNC(=O)c1sc(N2CCCC2)nc1COCC. The first-order chi connectivity index (χ1) is 11.3. The summed E-state index contributed by atoms with van der Waals surface area (Å²) in [6, 6.07) is 0. The molecule has 0 bridgehead atoms. The van der Waals surface area contributed by atoms with E-state index in [1.807, 2.05) is 13.8 Å². The number of aromatic nitrogens is 1. The molecule has 1 saturated heterocycles. The van der Waals surface area contributed by atoms with E-state index < -0.39 is 0 Å². The molecule has 1 aromatic rings. The summed E-state index contributed by atoms with van der Waals surface area (Å²) >= 11 is 1.48. The number of amides is 1. The lowest BCUT2D eigenvalue weighted by Crippen LogP contribution is -2.25. The number of thiazole rings is 1. The number of carbonyl (C=O) groups is 1. The fourth-order valence-electron chi connectivity index (χ4n) is 2.46. The van der Waals surface area contributed by atoms with E-state index in [1.54, 1.807) is 0 Å². The second-order valence-corrected chi connectivity index (χ2v) is 6.39. The van der Waals surface area contributed by atoms with E-state index in [1.165, 1.54) is 24.2 Å². The van der Waals surface area contributed by atoms with Crippen LogP contribution in [-0.2, 0) is 16.1 Å². The third-order valence-electron chi connectivity index (χ3n) is 3.67. The summed E-state index contributed by atoms with van der Waals surface area (Å²) in [6.07, 6.45) is 3.21. The van der Waals surface area contributed by atoms with Crippen molar-refractivity contribution in [3.8, 4) is 0 Å². The van der Waals surface area contributed by atoms with Gasteiger partial charge in [-0.1, -0.05) is 11.3 Å². The minimum absolute atomic E-state index is 0.0563. The van der Waals surface area contributed by atoms with Crippen LogP contribution in [0.2, 0.25) is 0 Å². The molecular weight excluding hydrogens is 314 g/mol. The summed E-state index contributed by atoms with van der Waals surface area (Å²) in [5.74, 6) is -0.0563. The van der Waals surface area contributed by atoms with Gasteiger partial charge in [0.15, 0.2) is 5.13 Å². The molecule has 6 nitrogen and oxygen atoms in total. The average Bonchev–Trinajstić information content (AvgIpc) is 3.21. The van der Waals surface area contributed by atoms with Crippen LogP contribution in [-0.4, -0.2) is 50.3 Å². The van der Waals surface area contributed by atoms with Gasteiger partial charge in [0, 0.05) is 39.5 Å². The van der Waals surface area contributed by atoms with E-state index >= 15 is 0 Å². The minimum atomic E-state index is -0.0563. The molecule has 1 fully saturated rings. The first kappa shape index (κ1) is 18.2. The number of anilines is 1. The van der Waals surface area contributed by atoms with E-state index in [0.29, 0.717) is 37.8 Å². The van der Waals surface area contributed by atoms with Gasteiger partial charge in [-0.25, -0.2) is 4.98 Å². The molecule has 130 valence electrons. The zero-order valence-corrected chi connectivity index (χ0v) is 14.9. The second kappa shape index (κ2) is 9.85. The van der Waals surface area contributed by atoms with E-state index in [-0.39, 0.29) is 5.91 Å². The third kappa shape index (κ3) is 5.44. The van der Waals surface area contributed by atoms with Gasteiger partial charge in [0.2, 0.25) is 0 Å². The van der Waals surface area contributed by atoms with Gasteiger partial charge >= 0.3 is 0 Å². The van der Waals surface area contributed by atoms with Crippen LogP contribution >= 0.6 is 11.3 Å². The Bertz CT molecular complexity index is 487. The predicted molar refractivity (Wildman–Crippen MR) is 92.3 cm³/mol. The lowest BCUT2D eigenvalue weighted by molar-refractivity contribution is 0.0938. The van der Waals surface area contributed by atoms with Gasteiger partial charge in [0.1, 0.15) is 4.88 Å². The van der Waals surface area contributed by atoms with Gasteiger partial charge in [0.05, 0.1) is 12.3 Å². The fraction of sp³-hybridized carbons (Fsp3) is 0.750. The Labute approximate surface area is 142 Å². The molecule has 0 aromatic carbocycles. The number of ether oxygens (including phenoxy) is 2. The van der Waals surface area contributed by atoms with Crippen LogP contribution < -0.4 is 10.2 Å². The molecule has 1 aliphatic heterocycles. The molecule has 0 spiro atoms. The summed E-state index contributed by atoms with van der Waals surface area (Å²) in [6.45, 7) is 8.97. The van der Waals surface area contributed by atoms with Gasteiger partial charge < -0.3 is 19.7 Å². The summed E-state index contributed by atoms with van der Waals surface area (Å²) < 4.78 is 10.8. The molecule has 0 unspecified atom stereocenters. The van der Waals surface area contributed by atoms with Crippen molar-refractivity contribution < 1.29 is 14.3 Å². The maximum atomic E-state index is 12.4. The van der Waals surface area contributed by atoms with Crippen LogP contribution in [0.5, 0.6) is 0 Å². The Balaban J connectivity index is 1.97. The molecule has 2 rings (SSSR count). The topological polar surface area (TPSA) is 63.7 Å². The van der Waals surface area contributed by atoms with Crippen LogP contribution in [0.4, 0.5) is 5.13 Å². The van der Waals surface area contributed by atoms with Crippen LogP contribution in [0.15, 0.2) is 0 Å². The molecule has 1 aromatic heterocycles. The summed E-state index contributed by atoms with van der Waals surface area (Å²) in [5, 5.41) is 3.90. The van der Waals surface area contributed by atoms with Gasteiger partial charge in [0.25, 0.3) is 5.91 Å². The molecule has 1 N–H and O–H groups in total. The number of nitrogens with zero attached hydrogens (tertiary/aromatic N) is 2. The highest BCUT2D eigenvalue weighted by Gasteiger charge is 2.22. The first-order valence-electron chi connectivity index (χ1n) is 8.44. The van der Waals surface area contributed by atoms with Gasteiger partial charge in [-0.2, -0.15) is 0 Å². The maximum absolute atomic E-state index is 12.4. The highest BCUT2D eigenvalue weighted by Crippen LogP contribution is 2.29. The maximum Gasteiger partial charge on any atom is 0.263 e. The van der Waals surface area contributed by atoms with E-state index in [0.717, 1.165) is 30.3 Å². The van der Waals surface area contributed by atoms with Crippen molar-refractivity contribution in [2.24, 2.45) is 0 Å². The molecule has 0 radical (unpaired) electrons. The van der Waals surface area contributed by atoms with Crippen molar-refractivity contribution in [2.45, 2.75) is 39.7 Å².